The molecule has 2 amide bonds. The molecule has 198 valence electrons. The van der Waals surface area contributed by atoms with Crippen LogP contribution in [0.3, 0.4) is 0 Å². The van der Waals surface area contributed by atoms with Crippen molar-refractivity contribution in [1.82, 2.24) is 19.8 Å². The van der Waals surface area contributed by atoms with E-state index in [1.165, 1.54) is 27.2 Å². The third-order valence-corrected chi connectivity index (χ3v) is 8.57. The van der Waals surface area contributed by atoms with Gasteiger partial charge in [-0.05, 0) is 29.8 Å². The number of hydrogen-bond donors (Lipinski definition) is 0. The average Bonchev–Trinajstić information content (AvgIpc) is 3.57. The second kappa shape index (κ2) is 10.3. The zero-order valence-electron chi connectivity index (χ0n) is 21.9. The second-order valence-electron chi connectivity index (χ2n) is 10.1. The Morgan fingerprint density at radius 2 is 1.57 bits per heavy atom. The van der Waals surface area contributed by atoms with Gasteiger partial charge in [-0.25, -0.2) is 4.98 Å². The fourth-order valence-electron chi connectivity index (χ4n) is 5.66. The number of anilines is 1. The average molecular weight is 546 g/mol. The van der Waals surface area contributed by atoms with Gasteiger partial charge in [0, 0.05) is 55.3 Å². The van der Waals surface area contributed by atoms with Gasteiger partial charge < -0.3 is 4.90 Å². The van der Waals surface area contributed by atoms with Crippen molar-refractivity contribution in [1.29, 1.82) is 0 Å². The molecule has 4 heterocycles. The molecule has 7 rings (SSSR count). The van der Waals surface area contributed by atoms with Crippen LogP contribution in [0.25, 0.3) is 22.2 Å². The first-order chi connectivity index (χ1) is 19.7. The summed E-state index contributed by atoms with van der Waals surface area (Å²) in [6.07, 6.45) is 1.88. The number of imide groups is 1. The fourth-order valence-corrected chi connectivity index (χ4v) is 6.45. The molecular weight excluding hydrogens is 518 g/mol. The van der Waals surface area contributed by atoms with E-state index in [0.717, 1.165) is 60.2 Å². The molecule has 0 radical (unpaired) electrons. The Labute approximate surface area is 236 Å². The van der Waals surface area contributed by atoms with Crippen LogP contribution in [0.15, 0.2) is 90.4 Å². The van der Waals surface area contributed by atoms with Crippen molar-refractivity contribution in [3.8, 4) is 11.3 Å². The lowest BCUT2D eigenvalue weighted by Gasteiger charge is -2.36. The van der Waals surface area contributed by atoms with Gasteiger partial charge in [-0.15, -0.1) is 11.3 Å². The zero-order valence-corrected chi connectivity index (χ0v) is 22.7. The molecule has 1 fully saturated rings. The van der Waals surface area contributed by atoms with Crippen LogP contribution in [0.1, 0.15) is 31.3 Å². The van der Waals surface area contributed by atoms with Crippen LogP contribution < -0.4 is 4.90 Å². The number of para-hydroxylation sites is 1. The summed E-state index contributed by atoms with van der Waals surface area (Å²) >= 11 is 1.47. The number of rotatable bonds is 6. The van der Waals surface area contributed by atoms with Gasteiger partial charge in [-0.2, -0.15) is 0 Å². The Morgan fingerprint density at radius 1 is 0.775 bits per heavy atom. The van der Waals surface area contributed by atoms with Crippen LogP contribution in [0.2, 0.25) is 0 Å². The number of fused-ring (bicyclic) bond motifs is 2. The molecule has 2 aliphatic rings. The van der Waals surface area contributed by atoms with Gasteiger partial charge in [0.1, 0.15) is 5.01 Å². The molecule has 0 unspecified atom stereocenters. The number of benzene rings is 3. The molecule has 40 heavy (non-hydrogen) atoms. The third kappa shape index (κ3) is 4.45. The van der Waals surface area contributed by atoms with Crippen molar-refractivity contribution >= 4 is 39.7 Å². The molecule has 8 heteroatoms. The molecule has 0 bridgehead atoms. The van der Waals surface area contributed by atoms with Crippen LogP contribution >= 0.6 is 11.3 Å². The predicted molar refractivity (Wildman–Crippen MR) is 157 cm³/mol. The highest BCUT2D eigenvalue weighted by molar-refractivity contribution is 7.10. The number of hydrogen-bond acceptors (Lipinski definition) is 7. The lowest BCUT2D eigenvalue weighted by atomic mass is 10.1. The number of amides is 2. The monoisotopic (exact) mass is 545 g/mol. The SMILES string of the molecule is O=C1c2cccc(N3CCN(Cc4ccnc5ccccc45)CC3)c2C(=O)N1Cc1nc(-c2ccccc2)cs1. The molecule has 0 spiro atoms. The molecule has 1 saturated heterocycles. The van der Waals surface area contributed by atoms with Gasteiger partial charge in [0.2, 0.25) is 0 Å². The molecule has 2 aliphatic heterocycles. The smallest absolute Gasteiger partial charge is 0.264 e. The maximum Gasteiger partial charge on any atom is 0.264 e. The summed E-state index contributed by atoms with van der Waals surface area (Å²) < 4.78 is 0. The summed E-state index contributed by atoms with van der Waals surface area (Å²) in [4.78, 5) is 42.2. The second-order valence-corrected chi connectivity index (χ2v) is 11.1. The first kappa shape index (κ1) is 24.6. The Bertz CT molecular complexity index is 1720. The van der Waals surface area contributed by atoms with Crippen molar-refractivity contribution in [2.45, 2.75) is 13.1 Å². The van der Waals surface area contributed by atoms with E-state index in [4.69, 9.17) is 4.98 Å². The number of pyridine rings is 1. The van der Waals surface area contributed by atoms with Gasteiger partial charge >= 0.3 is 0 Å². The molecule has 0 saturated carbocycles. The van der Waals surface area contributed by atoms with E-state index in [1.54, 1.807) is 6.07 Å². The van der Waals surface area contributed by atoms with Gasteiger partial charge in [0.25, 0.3) is 11.8 Å². The fraction of sp³-hybridized carbons (Fsp3) is 0.188. The van der Waals surface area contributed by atoms with Crippen LogP contribution in [-0.2, 0) is 13.1 Å². The van der Waals surface area contributed by atoms with Crippen molar-refractivity contribution in [3.63, 3.8) is 0 Å². The van der Waals surface area contributed by atoms with Gasteiger partial charge in [-0.3, -0.25) is 24.4 Å². The van der Waals surface area contributed by atoms with E-state index in [2.05, 4.69) is 33.0 Å². The lowest BCUT2D eigenvalue weighted by molar-refractivity contribution is 0.0642. The normalized spacial score (nSPS) is 15.7. The standard InChI is InChI=1S/C32H27N5O2S/c38-31-25-10-6-12-28(30(25)32(39)37(31)20-29-34-27(21-40-29)22-7-2-1-3-8-22)36-17-15-35(16-18-36)19-23-13-14-33-26-11-5-4-9-24(23)26/h1-14,21H,15-20H2. The number of thiazole rings is 1. The molecule has 7 nitrogen and oxygen atoms in total. The van der Waals surface area contributed by atoms with Gasteiger partial charge in [0.05, 0.1) is 34.6 Å². The van der Waals surface area contributed by atoms with Crippen LogP contribution in [0.4, 0.5) is 5.69 Å². The maximum absolute atomic E-state index is 13.6. The van der Waals surface area contributed by atoms with Gasteiger partial charge in [0.15, 0.2) is 0 Å². The number of carbonyl (C=O) groups excluding carboxylic acids is 2. The van der Waals surface area contributed by atoms with E-state index in [-0.39, 0.29) is 18.4 Å². The van der Waals surface area contributed by atoms with E-state index >= 15 is 0 Å². The summed E-state index contributed by atoms with van der Waals surface area (Å²) in [6, 6.07) is 25.9. The number of aromatic nitrogens is 2. The Morgan fingerprint density at radius 3 is 2.42 bits per heavy atom. The quantitative estimate of drug-likeness (QED) is 0.263. The summed E-state index contributed by atoms with van der Waals surface area (Å²) in [5.41, 5.74) is 6.00. The summed E-state index contributed by atoms with van der Waals surface area (Å²) in [5, 5.41) is 3.91. The number of carbonyl (C=O) groups is 2. The lowest BCUT2D eigenvalue weighted by Crippen LogP contribution is -2.46. The first-order valence-corrected chi connectivity index (χ1v) is 14.3. The predicted octanol–water partition coefficient (Wildman–Crippen LogP) is 5.48. The summed E-state index contributed by atoms with van der Waals surface area (Å²) in [5.74, 6) is -0.487. The van der Waals surface area contributed by atoms with Crippen LogP contribution in [-0.4, -0.2) is 57.8 Å². The molecule has 0 aliphatic carbocycles. The summed E-state index contributed by atoms with van der Waals surface area (Å²) in [6.45, 7) is 4.34. The van der Waals surface area contributed by atoms with E-state index < -0.39 is 0 Å². The van der Waals surface area contributed by atoms with Crippen molar-refractivity contribution < 1.29 is 9.59 Å². The molecule has 0 N–H and O–H groups in total. The third-order valence-electron chi connectivity index (χ3n) is 7.74. The Balaban J connectivity index is 1.06. The largest absolute Gasteiger partial charge is 0.368 e. The van der Waals surface area contributed by atoms with Crippen LogP contribution in [0.5, 0.6) is 0 Å². The highest BCUT2D eigenvalue weighted by Gasteiger charge is 2.39. The van der Waals surface area contributed by atoms with Gasteiger partial charge in [-0.1, -0.05) is 54.6 Å². The molecule has 2 aromatic heterocycles. The Hall–Kier alpha value is -4.40. The topological polar surface area (TPSA) is 69.6 Å². The highest BCUT2D eigenvalue weighted by Crippen LogP contribution is 2.34. The highest BCUT2D eigenvalue weighted by atomic mass is 32.1. The number of piperazine rings is 1. The minimum Gasteiger partial charge on any atom is -0.368 e. The number of nitrogens with zero attached hydrogens (tertiary/aromatic N) is 5. The van der Waals surface area contributed by atoms with Crippen molar-refractivity contribution in [3.05, 3.63) is 112 Å². The van der Waals surface area contributed by atoms with Crippen LogP contribution in [0, 0.1) is 0 Å². The maximum atomic E-state index is 13.6. The van der Waals surface area contributed by atoms with E-state index in [9.17, 15) is 9.59 Å². The van der Waals surface area contributed by atoms with E-state index in [1.807, 2.05) is 66.2 Å². The van der Waals surface area contributed by atoms with Crippen molar-refractivity contribution in [2.75, 3.05) is 31.1 Å². The van der Waals surface area contributed by atoms with E-state index in [0.29, 0.717) is 11.1 Å². The molecular formula is C32H27N5O2S. The molecule has 0 atom stereocenters. The molecule has 5 aromatic rings. The zero-order chi connectivity index (χ0) is 27.1. The molecule has 3 aromatic carbocycles. The van der Waals surface area contributed by atoms with Crippen molar-refractivity contribution in [2.24, 2.45) is 0 Å². The summed E-state index contributed by atoms with van der Waals surface area (Å²) in [7, 11) is 0. The first-order valence-electron chi connectivity index (χ1n) is 13.4. The minimum absolute atomic E-state index is 0.178. The minimum atomic E-state index is -0.249. The Kier molecular flexibility index (Phi) is 6.34.